The Hall–Kier alpha value is -1.44. The van der Waals surface area contributed by atoms with E-state index in [2.05, 4.69) is 15.9 Å². The van der Waals surface area contributed by atoms with Crippen LogP contribution in [-0.4, -0.2) is 37.7 Å². The van der Waals surface area contributed by atoms with Crippen molar-refractivity contribution in [3.63, 3.8) is 0 Å². The Labute approximate surface area is 162 Å². The summed E-state index contributed by atoms with van der Waals surface area (Å²) in [6.45, 7) is 0.805. The summed E-state index contributed by atoms with van der Waals surface area (Å²) in [5.74, 6) is -0.111. The van der Waals surface area contributed by atoms with Gasteiger partial charge in [0, 0.05) is 17.6 Å². The Kier molecular flexibility index (Phi) is 6.32. The predicted molar refractivity (Wildman–Crippen MR) is 103 cm³/mol. The van der Waals surface area contributed by atoms with Gasteiger partial charge in [-0.2, -0.15) is 0 Å². The van der Waals surface area contributed by atoms with Gasteiger partial charge < -0.3 is 4.74 Å². The Morgan fingerprint density at radius 1 is 1.12 bits per heavy atom. The Morgan fingerprint density at radius 2 is 1.81 bits per heavy atom. The van der Waals surface area contributed by atoms with Crippen molar-refractivity contribution in [3.05, 3.63) is 64.4 Å². The maximum atomic E-state index is 13.9. The van der Waals surface area contributed by atoms with Gasteiger partial charge in [0.1, 0.15) is 6.10 Å². The molecule has 0 unspecified atom stereocenters. The zero-order valence-corrected chi connectivity index (χ0v) is 16.7. The van der Waals surface area contributed by atoms with Crippen LogP contribution < -0.4 is 4.74 Å². The number of ether oxygens (including phenoxy) is 1. The Bertz CT molecular complexity index is 837. The van der Waals surface area contributed by atoms with Crippen molar-refractivity contribution in [2.75, 3.05) is 18.8 Å². The molecular weight excluding hydrogens is 421 g/mol. The number of hydrogen-bond acceptors (Lipinski definition) is 3. The first-order chi connectivity index (χ1) is 12.4. The largest absolute Gasteiger partial charge is 0.487 e. The van der Waals surface area contributed by atoms with Crippen LogP contribution in [0.2, 0.25) is 0 Å². The molecule has 2 aromatic carbocycles. The maximum absolute atomic E-state index is 13.9. The van der Waals surface area contributed by atoms with Crippen molar-refractivity contribution in [1.82, 2.24) is 4.31 Å². The molecule has 0 amide bonds. The van der Waals surface area contributed by atoms with Gasteiger partial charge in [0.15, 0.2) is 11.6 Å². The summed E-state index contributed by atoms with van der Waals surface area (Å²) in [5, 5.41) is 0. The number of rotatable bonds is 6. The summed E-state index contributed by atoms with van der Waals surface area (Å²) in [5.41, 5.74) is 1.01. The Balaban J connectivity index is 1.52. The third-order valence-corrected chi connectivity index (χ3v) is 6.84. The Morgan fingerprint density at radius 3 is 2.46 bits per heavy atom. The second-order valence-electron chi connectivity index (χ2n) is 6.34. The molecule has 0 aliphatic carbocycles. The maximum Gasteiger partial charge on any atom is 0.214 e. The summed E-state index contributed by atoms with van der Waals surface area (Å²) >= 11 is 3.21. The number of aryl methyl sites for hydroxylation is 1. The van der Waals surface area contributed by atoms with Gasteiger partial charge in [0.05, 0.1) is 5.75 Å². The molecule has 140 valence electrons. The third kappa shape index (κ3) is 5.05. The van der Waals surface area contributed by atoms with E-state index in [-0.39, 0.29) is 17.6 Å². The average molecular weight is 442 g/mol. The molecule has 1 fully saturated rings. The minimum atomic E-state index is -3.29. The van der Waals surface area contributed by atoms with E-state index < -0.39 is 15.8 Å². The van der Waals surface area contributed by atoms with Gasteiger partial charge in [-0.1, -0.05) is 46.3 Å². The molecule has 0 N–H and O–H groups in total. The number of hydrogen-bond donors (Lipinski definition) is 0. The first kappa shape index (κ1) is 19.3. The zero-order chi connectivity index (χ0) is 18.6. The number of sulfonamides is 1. The molecule has 1 heterocycles. The number of piperidine rings is 1. The van der Waals surface area contributed by atoms with Crippen molar-refractivity contribution in [2.45, 2.75) is 25.4 Å². The molecule has 0 saturated carbocycles. The standard InChI is InChI=1S/C19H21BrFNO3S/c20-16-6-7-19(18(21)14-16)25-17-8-11-22(12-9-17)26(23,24)13-10-15-4-2-1-3-5-15/h1-7,14,17H,8-13H2. The summed E-state index contributed by atoms with van der Waals surface area (Å²) in [6.07, 6.45) is 1.44. The monoisotopic (exact) mass is 441 g/mol. The SMILES string of the molecule is O=S(=O)(CCc1ccccc1)N1CCC(Oc2ccc(Br)cc2F)CC1. The summed E-state index contributed by atoms with van der Waals surface area (Å²) in [6, 6.07) is 14.3. The van der Waals surface area contributed by atoms with Gasteiger partial charge in [-0.25, -0.2) is 17.1 Å². The molecule has 0 aromatic heterocycles. The molecule has 0 radical (unpaired) electrons. The zero-order valence-electron chi connectivity index (χ0n) is 14.3. The van der Waals surface area contributed by atoms with E-state index in [4.69, 9.17) is 4.74 Å². The van der Waals surface area contributed by atoms with Crippen molar-refractivity contribution >= 4 is 26.0 Å². The van der Waals surface area contributed by atoms with Crippen molar-refractivity contribution in [3.8, 4) is 5.75 Å². The molecular formula is C19H21BrFNO3S. The summed E-state index contributed by atoms with van der Waals surface area (Å²) in [4.78, 5) is 0. The third-order valence-electron chi connectivity index (χ3n) is 4.47. The fraction of sp³-hybridized carbons (Fsp3) is 0.368. The lowest BCUT2D eigenvalue weighted by atomic mass is 10.1. The smallest absolute Gasteiger partial charge is 0.214 e. The van der Waals surface area contributed by atoms with Crippen LogP contribution >= 0.6 is 15.9 Å². The first-order valence-electron chi connectivity index (χ1n) is 8.57. The van der Waals surface area contributed by atoms with Gasteiger partial charge in [0.2, 0.25) is 10.0 Å². The van der Waals surface area contributed by atoms with E-state index in [0.717, 1.165) is 5.56 Å². The molecule has 1 aliphatic heterocycles. The first-order valence-corrected chi connectivity index (χ1v) is 11.0. The number of benzene rings is 2. The highest BCUT2D eigenvalue weighted by Gasteiger charge is 2.29. The number of nitrogens with zero attached hydrogens (tertiary/aromatic N) is 1. The molecule has 26 heavy (non-hydrogen) atoms. The highest BCUT2D eigenvalue weighted by molar-refractivity contribution is 9.10. The van der Waals surface area contributed by atoms with Crippen LogP contribution in [0.4, 0.5) is 4.39 Å². The van der Waals surface area contributed by atoms with Gasteiger partial charge in [-0.15, -0.1) is 0 Å². The quantitative estimate of drug-likeness (QED) is 0.680. The molecule has 0 spiro atoms. The molecule has 7 heteroatoms. The van der Waals surface area contributed by atoms with Crippen LogP contribution in [0.3, 0.4) is 0 Å². The normalized spacial score (nSPS) is 16.5. The van der Waals surface area contributed by atoms with Crippen LogP contribution in [0.25, 0.3) is 0 Å². The minimum absolute atomic E-state index is 0.101. The van der Waals surface area contributed by atoms with E-state index >= 15 is 0 Å². The van der Waals surface area contributed by atoms with Gasteiger partial charge in [-0.05, 0) is 43.0 Å². The van der Waals surface area contributed by atoms with Crippen molar-refractivity contribution in [2.24, 2.45) is 0 Å². The summed E-state index contributed by atoms with van der Waals surface area (Å²) in [7, 11) is -3.29. The van der Waals surface area contributed by atoms with Gasteiger partial charge in [-0.3, -0.25) is 0 Å². The lowest BCUT2D eigenvalue weighted by molar-refractivity contribution is 0.130. The fourth-order valence-electron chi connectivity index (χ4n) is 3.00. The summed E-state index contributed by atoms with van der Waals surface area (Å²) < 4.78 is 46.8. The van der Waals surface area contributed by atoms with Crippen LogP contribution in [0.1, 0.15) is 18.4 Å². The van der Waals surface area contributed by atoms with Crippen molar-refractivity contribution < 1.29 is 17.5 Å². The minimum Gasteiger partial charge on any atom is -0.487 e. The highest BCUT2D eigenvalue weighted by Crippen LogP contribution is 2.25. The molecule has 0 atom stereocenters. The molecule has 1 saturated heterocycles. The molecule has 4 nitrogen and oxygen atoms in total. The molecule has 0 bridgehead atoms. The van der Waals surface area contributed by atoms with Gasteiger partial charge >= 0.3 is 0 Å². The number of halogens is 2. The van der Waals surface area contributed by atoms with Crippen LogP contribution in [0, 0.1) is 5.82 Å². The fourth-order valence-corrected chi connectivity index (χ4v) is 4.85. The second-order valence-corrected chi connectivity index (χ2v) is 9.35. The topological polar surface area (TPSA) is 46.6 Å². The average Bonchev–Trinajstić information content (AvgIpc) is 2.64. The van der Waals surface area contributed by atoms with E-state index in [1.54, 1.807) is 12.1 Å². The van der Waals surface area contributed by atoms with Gasteiger partial charge in [0.25, 0.3) is 0 Å². The highest BCUT2D eigenvalue weighted by atomic mass is 79.9. The van der Waals surface area contributed by atoms with E-state index in [0.29, 0.717) is 36.8 Å². The molecule has 3 rings (SSSR count). The second kappa shape index (κ2) is 8.50. The lowest BCUT2D eigenvalue weighted by Gasteiger charge is -2.31. The van der Waals surface area contributed by atoms with E-state index in [1.165, 1.54) is 10.4 Å². The van der Waals surface area contributed by atoms with Crippen LogP contribution in [0.5, 0.6) is 5.75 Å². The molecule has 2 aromatic rings. The molecule has 1 aliphatic rings. The van der Waals surface area contributed by atoms with Crippen LogP contribution in [0.15, 0.2) is 53.0 Å². The lowest BCUT2D eigenvalue weighted by Crippen LogP contribution is -2.43. The van der Waals surface area contributed by atoms with E-state index in [1.807, 2.05) is 30.3 Å². The van der Waals surface area contributed by atoms with Crippen LogP contribution in [-0.2, 0) is 16.4 Å². The van der Waals surface area contributed by atoms with Crippen molar-refractivity contribution in [1.29, 1.82) is 0 Å². The predicted octanol–water partition coefficient (Wildman–Crippen LogP) is 4.00. The van der Waals surface area contributed by atoms with E-state index in [9.17, 15) is 12.8 Å².